The second-order valence-electron chi connectivity index (χ2n) is 13.5. The van der Waals surface area contributed by atoms with E-state index in [1.54, 1.807) is 6.07 Å². The smallest absolute Gasteiger partial charge is 0.338 e. The number of carbonyl (C=O) groups is 6. The Morgan fingerprint density at radius 3 is 1.58 bits per heavy atom. The summed E-state index contributed by atoms with van der Waals surface area (Å²) in [6, 6.07) is 4.12. The Morgan fingerprint density at radius 1 is 0.710 bits per heavy atom. The number of hydrogen-bond acceptors (Lipinski definition) is 20. The molecule has 0 fully saturated rings. The van der Waals surface area contributed by atoms with Gasteiger partial charge in [0.2, 0.25) is 23.0 Å². The van der Waals surface area contributed by atoms with E-state index >= 15 is 0 Å². The summed E-state index contributed by atoms with van der Waals surface area (Å²) in [5.41, 5.74) is -12.3. The van der Waals surface area contributed by atoms with E-state index in [1.807, 2.05) is 0 Å². The van der Waals surface area contributed by atoms with Gasteiger partial charge in [-0.2, -0.15) is 25.2 Å². The van der Waals surface area contributed by atoms with Crippen molar-refractivity contribution in [2.24, 2.45) is 25.4 Å². The molecule has 0 atom stereocenters. The zero-order valence-electron chi connectivity index (χ0n) is 34.8. The fourth-order valence-corrected chi connectivity index (χ4v) is 6.25. The number of aliphatic imine (C=N–C) groups is 1. The van der Waals surface area contributed by atoms with Gasteiger partial charge in [0, 0.05) is 18.7 Å². The first kappa shape index (κ1) is 49.7. The number of carboxylic acid groups (broad SMARTS) is 6. The average molecular weight is 968 g/mol. The minimum Gasteiger partial charge on any atom is -0.502 e. The van der Waals surface area contributed by atoms with Crippen molar-refractivity contribution >= 4 is 93.6 Å². The largest absolute Gasteiger partial charge is 0.502 e. The van der Waals surface area contributed by atoms with Crippen LogP contribution in [0.3, 0.4) is 0 Å². The summed E-state index contributed by atoms with van der Waals surface area (Å²) in [5.74, 6) is -13.8. The molecule has 0 saturated carbocycles. The number of hydrogen-bond donors (Lipinski definition) is 9. The van der Waals surface area contributed by atoms with E-state index in [4.69, 9.17) is 18.2 Å². The van der Waals surface area contributed by atoms with E-state index in [9.17, 15) is 84.5 Å². The van der Waals surface area contributed by atoms with Gasteiger partial charge in [-0.15, -0.1) is 20.5 Å². The van der Waals surface area contributed by atoms with Crippen LogP contribution in [0.5, 0.6) is 11.8 Å². The van der Waals surface area contributed by atoms with Crippen LogP contribution in [0.2, 0.25) is 5.28 Å². The van der Waals surface area contributed by atoms with Gasteiger partial charge in [-0.3, -0.25) is 14.2 Å². The van der Waals surface area contributed by atoms with E-state index in [-0.39, 0.29) is 23.6 Å². The van der Waals surface area contributed by atoms with E-state index in [0.717, 1.165) is 13.8 Å². The molecule has 29 nitrogen and oxygen atoms in total. The molecule has 5 aromatic rings. The molecule has 0 spiro atoms. The molecule has 0 bridgehead atoms. The lowest BCUT2D eigenvalue weighted by atomic mass is 10.0. The van der Waals surface area contributed by atoms with Crippen molar-refractivity contribution in [2.75, 3.05) is 11.9 Å². The van der Waals surface area contributed by atoms with Gasteiger partial charge in [0.15, 0.2) is 5.69 Å². The quantitative estimate of drug-likeness (QED) is 0.0287. The normalized spacial score (nSPS) is 11.3. The molecule has 9 N–H and O–H groups in total. The summed E-state index contributed by atoms with van der Waals surface area (Å²) in [7, 11) is 0. The van der Waals surface area contributed by atoms with Crippen molar-refractivity contribution in [1.29, 1.82) is 5.26 Å². The number of aromatic carboxylic acids is 6. The summed E-state index contributed by atoms with van der Waals surface area (Å²) < 4.78 is 1.06. The fourth-order valence-electron chi connectivity index (χ4n) is 6.09. The van der Waals surface area contributed by atoms with Gasteiger partial charge in [-0.05, 0) is 62.2 Å². The molecular weight excluding hydrogens is 942 g/mol. The van der Waals surface area contributed by atoms with Crippen LogP contribution < -0.4 is 16.4 Å². The number of rotatable bonds is 15. The van der Waals surface area contributed by atoms with Crippen LogP contribution in [0.25, 0.3) is 4.85 Å². The molecular formula is C39H26ClN13O16. The molecule has 350 valence electrons. The molecule has 0 amide bonds. The van der Waals surface area contributed by atoms with Gasteiger partial charge in [0.25, 0.3) is 22.8 Å². The summed E-state index contributed by atoms with van der Waals surface area (Å²) in [6.45, 7) is 10.2. The molecule has 0 saturated heterocycles. The van der Waals surface area contributed by atoms with Crippen molar-refractivity contribution in [2.45, 2.75) is 27.3 Å². The molecule has 3 aromatic heterocycles. The van der Waals surface area contributed by atoms with Crippen LogP contribution >= 0.6 is 11.6 Å². The Labute approximate surface area is 386 Å². The monoisotopic (exact) mass is 967 g/mol. The maximum absolute atomic E-state index is 13.8. The predicted octanol–water partition coefficient (Wildman–Crippen LogP) is 5.03. The van der Waals surface area contributed by atoms with Crippen LogP contribution in [0.4, 0.5) is 40.3 Å². The number of carboxylic acids is 6. The zero-order valence-corrected chi connectivity index (χ0v) is 35.6. The van der Waals surface area contributed by atoms with E-state index in [0.29, 0.717) is 33.4 Å². The number of nitrogens with zero attached hydrogens (tertiary/aromatic N) is 12. The maximum Gasteiger partial charge on any atom is 0.338 e. The molecule has 0 aliphatic rings. The lowest BCUT2D eigenvalue weighted by Gasteiger charge is -2.14. The van der Waals surface area contributed by atoms with Gasteiger partial charge in [-0.25, -0.2) is 38.2 Å². The van der Waals surface area contributed by atoms with Crippen molar-refractivity contribution in [3.63, 3.8) is 0 Å². The third-order valence-corrected chi connectivity index (χ3v) is 9.53. The first-order valence-corrected chi connectivity index (χ1v) is 18.8. The third-order valence-electron chi connectivity index (χ3n) is 9.36. The number of halogens is 1. The van der Waals surface area contributed by atoms with Gasteiger partial charge < -0.3 is 46.2 Å². The van der Waals surface area contributed by atoms with Crippen LogP contribution in [-0.4, -0.2) is 113 Å². The highest BCUT2D eigenvalue weighted by atomic mass is 35.5. The molecule has 2 aromatic carbocycles. The zero-order chi connectivity index (χ0) is 51.3. The molecule has 30 heteroatoms. The van der Waals surface area contributed by atoms with Crippen LogP contribution in [-0.2, 0) is 6.54 Å². The summed E-state index contributed by atoms with van der Waals surface area (Å²) in [5, 5.41) is 106. The Morgan fingerprint density at radius 2 is 1.16 bits per heavy atom. The lowest BCUT2D eigenvalue weighted by Crippen LogP contribution is -2.26. The summed E-state index contributed by atoms with van der Waals surface area (Å²) in [6.07, 6.45) is 0. The SMILES string of the molecule is [C-]#[N+]c1c(C)c(N=Nc2c(C(=O)O)cc(C(=O)O)cc2C(=O)O)c(=O)n(C(C)=Nc2nc(Cl)nc(NCCn3c(O)c(C#N)c(C)c(N=Nc4c(C(=O)O)cc(C(=O)O)cc4C(=O)O)c3=O)n2)c1O. The van der Waals surface area contributed by atoms with Crippen molar-refractivity contribution in [3.05, 3.63) is 112 Å². The third kappa shape index (κ3) is 10.0. The summed E-state index contributed by atoms with van der Waals surface area (Å²) in [4.78, 5) is 117. The first-order valence-electron chi connectivity index (χ1n) is 18.5. The van der Waals surface area contributed by atoms with Gasteiger partial charge in [0.1, 0.15) is 34.5 Å². The van der Waals surface area contributed by atoms with Crippen LogP contribution in [0, 0.1) is 31.8 Å². The standard InChI is InChI=1S/C39H26ClN13O16/c1-12-21(11-41)27(54)52(28(55)23(12)48-50-25-17(33(62)63)7-15(31(58)59)8-18(25)34(64)65)6-5-43-38-45-37(40)46-39(47-38)44-14(3)53-29(56)22(42-4)13(2)24(30(53)57)49-51-26-19(35(66)67)9-16(32(60)61)10-20(26)36(68)69/h7-10,54,56H,5-6H2,1-3H3,(H,58,59)(H,60,61)(H,62,63)(H,64,65)(H,66,67)(H,68,69)(H,43,45,46,47). The van der Waals surface area contributed by atoms with Crippen molar-refractivity contribution in [1.82, 2.24) is 24.1 Å². The molecule has 0 aliphatic carbocycles. The number of pyridine rings is 2. The lowest BCUT2D eigenvalue weighted by molar-refractivity contribution is 0.0667. The highest BCUT2D eigenvalue weighted by Crippen LogP contribution is 2.36. The Kier molecular flexibility index (Phi) is 14.3. The number of benzene rings is 2. The fraction of sp³-hybridized carbons (Fsp3) is 0.128. The van der Waals surface area contributed by atoms with Crippen LogP contribution in [0.1, 0.15) is 85.8 Å². The van der Waals surface area contributed by atoms with Crippen molar-refractivity contribution in [3.8, 4) is 17.8 Å². The predicted molar refractivity (Wildman–Crippen MR) is 230 cm³/mol. The molecule has 5 rings (SSSR count). The summed E-state index contributed by atoms with van der Waals surface area (Å²) >= 11 is 6.10. The molecule has 0 aliphatic heterocycles. The molecule has 3 heterocycles. The van der Waals surface area contributed by atoms with E-state index in [2.05, 4.69) is 50.6 Å². The van der Waals surface area contributed by atoms with Gasteiger partial charge in [0.05, 0.1) is 40.0 Å². The van der Waals surface area contributed by atoms with E-state index in [1.165, 1.54) is 6.92 Å². The number of nitriles is 1. The van der Waals surface area contributed by atoms with E-state index < -0.39 is 150 Å². The highest BCUT2D eigenvalue weighted by molar-refractivity contribution is 6.28. The Bertz CT molecular complexity index is 3370. The van der Waals surface area contributed by atoms with Crippen LogP contribution in [0.15, 0.2) is 59.3 Å². The Hall–Kier alpha value is -10.3. The number of aromatic hydroxyl groups is 2. The molecule has 69 heavy (non-hydrogen) atoms. The minimum absolute atomic E-state index is 0.268. The topological polar surface area (TPSA) is 449 Å². The van der Waals surface area contributed by atoms with Gasteiger partial charge >= 0.3 is 35.8 Å². The highest BCUT2D eigenvalue weighted by Gasteiger charge is 2.27. The second kappa shape index (κ2) is 19.8. The number of aromatic nitrogens is 5. The second-order valence-corrected chi connectivity index (χ2v) is 13.9. The maximum atomic E-state index is 13.8. The number of anilines is 1. The molecule has 0 unspecified atom stereocenters. The molecule has 0 radical (unpaired) electrons. The van der Waals surface area contributed by atoms with Gasteiger partial charge in [-0.1, -0.05) is 0 Å². The average Bonchev–Trinajstić information content (AvgIpc) is 3.26. The van der Waals surface area contributed by atoms with Crippen molar-refractivity contribution < 1.29 is 69.6 Å². The number of nitrogens with one attached hydrogen (secondary N) is 1. The Balaban J connectivity index is 1.51. The number of azo groups is 2. The minimum atomic E-state index is -1.81. The first-order chi connectivity index (χ1) is 32.4.